The number of hydrogen-bond acceptors (Lipinski definition) is 3. The lowest BCUT2D eigenvalue weighted by Crippen LogP contribution is -2.13. The zero-order valence-corrected chi connectivity index (χ0v) is 17.2. The maximum absolute atomic E-state index is 13.2. The summed E-state index contributed by atoms with van der Waals surface area (Å²) in [5, 5.41) is 14.5. The third kappa shape index (κ3) is 4.26. The Morgan fingerprint density at radius 2 is 1.90 bits per heavy atom. The Morgan fingerprint density at radius 1 is 1.13 bits per heavy atom. The van der Waals surface area contributed by atoms with Gasteiger partial charge >= 0.3 is 0 Å². The number of halogens is 2. The van der Waals surface area contributed by atoms with E-state index < -0.39 is 5.82 Å². The van der Waals surface area contributed by atoms with Gasteiger partial charge in [-0.15, -0.1) is 0 Å². The number of aryl methyl sites for hydroxylation is 2. The van der Waals surface area contributed by atoms with Gasteiger partial charge in [0.15, 0.2) is 5.82 Å². The van der Waals surface area contributed by atoms with E-state index >= 15 is 0 Å². The molecular formula is C22H19ClFN5O. The van der Waals surface area contributed by atoms with Crippen molar-refractivity contribution in [2.75, 3.05) is 5.32 Å². The molecule has 0 aliphatic heterocycles. The SMILES string of the molecule is Cc1ccc(-c2cc(C(=O)Nc3cc(C)n(Cc4ccc(F)cc4Cl)n3)[nH]n2)cc1. The molecule has 1 amide bonds. The van der Waals surface area contributed by atoms with Gasteiger partial charge in [0.25, 0.3) is 5.91 Å². The van der Waals surface area contributed by atoms with E-state index in [0.717, 1.165) is 22.4 Å². The van der Waals surface area contributed by atoms with Gasteiger partial charge in [-0.05, 0) is 37.6 Å². The Bertz CT molecular complexity index is 1210. The first-order valence-electron chi connectivity index (χ1n) is 9.31. The van der Waals surface area contributed by atoms with E-state index in [9.17, 15) is 9.18 Å². The van der Waals surface area contributed by atoms with Crippen LogP contribution >= 0.6 is 11.6 Å². The minimum atomic E-state index is -0.390. The second-order valence-corrected chi connectivity index (χ2v) is 7.46. The molecule has 0 fully saturated rings. The van der Waals surface area contributed by atoms with Crippen LogP contribution in [0.5, 0.6) is 0 Å². The fraction of sp³-hybridized carbons (Fsp3) is 0.136. The highest BCUT2D eigenvalue weighted by Gasteiger charge is 2.14. The van der Waals surface area contributed by atoms with Gasteiger partial charge < -0.3 is 5.32 Å². The third-order valence-corrected chi connectivity index (χ3v) is 5.08. The van der Waals surface area contributed by atoms with Crippen molar-refractivity contribution >= 4 is 23.3 Å². The smallest absolute Gasteiger partial charge is 0.274 e. The van der Waals surface area contributed by atoms with Gasteiger partial charge in [-0.25, -0.2) is 4.39 Å². The number of anilines is 1. The van der Waals surface area contributed by atoms with Crippen LogP contribution in [0, 0.1) is 19.7 Å². The fourth-order valence-electron chi connectivity index (χ4n) is 3.04. The Labute approximate surface area is 177 Å². The number of aromatic nitrogens is 4. The van der Waals surface area contributed by atoms with Crippen LogP contribution in [-0.2, 0) is 6.54 Å². The molecule has 0 saturated heterocycles. The molecule has 6 nitrogen and oxygen atoms in total. The summed E-state index contributed by atoms with van der Waals surface area (Å²) < 4.78 is 14.9. The summed E-state index contributed by atoms with van der Waals surface area (Å²) >= 11 is 6.10. The zero-order chi connectivity index (χ0) is 21.3. The number of carbonyl (C=O) groups excluding carboxylic acids is 1. The quantitative estimate of drug-likeness (QED) is 0.475. The van der Waals surface area contributed by atoms with Gasteiger partial charge in [0.2, 0.25) is 0 Å². The molecule has 30 heavy (non-hydrogen) atoms. The summed E-state index contributed by atoms with van der Waals surface area (Å²) in [6.45, 7) is 4.24. The highest BCUT2D eigenvalue weighted by Crippen LogP contribution is 2.21. The van der Waals surface area contributed by atoms with Crippen molar-refractivity contribution in [2.24, 2.45) is 0 Å². The maximum atomic E-state index is 13.2. The molecule has 8 heteroatoms. The van der Waals surface area contributed by atoms with Gasteiger partial charge in [-0.3, -0.25) is 14.6 Å². The number of aromatic amines is 1. The summed E-state index contributed by atoms with van der Waals surface area (Å²) in [7, 11) is 0. The highest BCUT2D eigenvalue weighted by atomic mass is 35.5. The molecule has 2 aromatic carbocycles. The number of nitrogens with zero attached hydrogens (tertiary/aromatic N) is 3. The van der Waals surface area contributed by atoms with Crippen molar-refractivity contribution in [3.8, 4) is 11.3 Å². The van der Waals surface area contributed by atoms with Gasteiger partial charge in [-0.1, -0.05) is 47.5 Å². The average molecular weight is 424 g/mol. The molecule has 4 aromatic rings. The molecule has 0 unspecified atom stereocenters. The topological polar surface area (TPSA) is 75.6 Å². The van der Waals surface area contributed by atoms with Crippen molar-refractivity contribution in [3.05, 3.63) is 88.0 Å². The Morgan fingerprint density at radius 3 is 2.63 bits per heavy atom. The summed E-state index contributed by atoms with van der Waals surface area (Å²) in [4.78, 5) is 12.6. The monoisotopic (exact) mass is 423 g/mol. The molecule has 4 rings (SSSR count). The number of rotatable bonds is 5. The molecular weight excluding hydrogens is 405 g/mol. The highest BCUT2D eigenvalue weighted by molar-refractivity contribution is 6.31. The maximum Gasteiger partial charge on any atom is 0.274 e. The Hall–Kier alpha value is -3.45. The van der Waals surface area contributed by atoms with Gasteiger partial charge in [-0.2, -0.15) is 10.2 Å². The van der Waals surface area contributed by atoms with Gasteiger partial charge in [0, 0.05) is 22.3 Å². The summed E-state index contributed by atoms with van der Waals surface area (Å²) in [5.74, 6) is -0.328. The molecule has 0 aliphatic carbocycles. The molecule has 0 atom stereocenters. The van der Waals surface area contributed by atoms with E-state index in [0.29, 0.717) is 28.8 Å². The molecule has 2 heterocycles. The first kappa shape index (κ1) is 19.8. The lowest BCUT2D eigenvalue weighted by atomic mass is 10.1. The van der Waals surface area contributed by atoms with Crippen LogP contribution in [0.3, 0.4) is 0 Å². The van der Waals surface area contributed by atoms with Crippen LogP contribution in [0.25, 0.3) is 11.3 Å². The van der Waals surface area contributed by atoms with Crippen LogP contribution < -0.4 is 5.32 Å². The Kier molecular flexibility index (Phi) is 5.37. The number of benzene rings is 2. The van der Waals surface area contributed by atoms with Crippen molar-refractivity contribution in [2.45, 2.75) is 20.4 Å². The summed E-state index contributed by atoms with van der Waals surface area (Å²) in [5.41, 5.74) is 4.66. The van der Waals surface area contributed by atoms with Crippen molar-refractivity contribution in [1.82, 2.24) is 20.0 Å². The van der Waals surface area contributed by atoms with Crippen molar-refractivity contribution in [1.29, 1.82) is 0 Å². The van der Waals surface area contributed by atoms with Crippen molar-refractivity contribution < 1.29 is 9.18 Å². The molecule has 0 saturated carbocycles. The molecule has 2 N–H and O–H groups in total. The van der Waals surface area contributed by atoms with E-state index in [1.807, 2.05) is 38.1 Å². The number of amides is 1. The lowest BCUT2D eigenvalue weighted by Gasteiger charge is -2.06. The third-order valence-electron chi connectivity index (χ3n) is 4.73. The normalized spacial score (nSPS) is 10.9. The van der Waals surface area contributed by atoms with E-state index in [2.05, 4.69) is 20.6 Å². The van der Waals surface area contributed by atoms with E-state index in [-0.39, 0.29) is 5.91 Å². The van der Waals surface area contributed by atoms with Crippen LogP contribution in [0.4, 0.5) is 10.2 Å². The second kappa shape index (κ2) is 8.12. The van der Waals surface area contributed by atoms with E-state index in [1.54, 1.807) is 22.9 Å². The average Bonchev–Trinajstić information content (AvgIpc) is 3.32. The van der Waals surface area contributed by atoms with Gasteiger partial charge in [0.1, 0.15) is 11.5 Å². The minimum Gasteiger partial charge on any atom is -0.304 e. The Balaban J connectivity index is 1.48. The molecule has 2 aromatic heterocycles. The second-order valence-electron chi connectivity index (χ2n) is 7.05. The predicted molar refractivity (Wildman–Crippen MR) is 114 cm³/mol. The molecule has 0 radical (unpaired) electrons. The van der Waals surface area contributed by atoms with Crippen molar-refractivity contribution in [3.63, 3.8) is 0 Å². The van der Waals surface area contributed by atoms with Crippen LogP contribution in [0.1, 0.15) is 27.3 Å². The fourth-order valence-corrected chi connectivity index (χ4v) is 3.26. The predicted octanol–water partition coefficient (Wildman–Crippen LogP) is 4.98. The standard InChI is InChI=1S/C22H19ClFN5O/c1-13-3-5-15(6-4-13)19-11-20(27-26-19)22(30)25-21-9-14(2)29(28-21)12-16-7-8-17(24)10-18(16)23/h3-11H,12H2,1-2H3,(H,26,27)(H,25,28,30). The summed E-state index contributed by atoms with van der Waals surface area (Å²) in [6, 6.07) is 15.6. The molecule has 152 valence electrons. The largest absolute Gasteiger partial charge is 0.304 e. The molecule has 0 spiro atoms. The number of hydrogen-bond donors (Lipinski definition) is 2. The van der Waals surface area contributed by atoms with Gasteiger partial charge in [0.05, 0.1) is 12.2 Å². The first-order chi connectivity index (χ1) is 14.4. The lowest BCUT2D eigenvalue weighted by molar-refractivity contribution is 0.102. The molecule has 0 aliphatic rings. The van der Waals surface area contributed by atoms with E-state index in [4.69, 9.17) is 11.6 Å². The van der Waals surface area contributed by atoms with Crippen LogP contribution in [0.15, 0.2) is 54.6 Å². The van der Waals surface area contributed by atoms with Crippen LogP contribution in [0.2, 0.25) is 5.02 Å². The number of nitrogens with one attached hydrogen (secondary N) is 2. The van der Waals surface area contributed by atoms with E-state index in [1.165, 1.54) is 12.1 Å². The first-order valence-corrected chi connectivity index (χ1v) is 9.69. The summed E-state index contributed by atoms with van der Waals surface area (Å²) in [6.07, 6.45) is 0. The molecule has 0 bridgehead atoms. The zero-order valence-electron chi connectivity index (χ0n) is 16.4. The minimum absolute atomic E-state index is 0.330. The number of H-pyrrole nitrogens is 1. The number of carbonyl (C=O) groups is 1. The van der Waals surface area contributed by atoms with Crippen LogP contribution in [-0.4, -0.2) is 25.9 Å².